The van der Waals surface area contributed by atoms with Crippen LogP contribution in [-0.4, -0.2) is 36.6 Å². The molecule has 1 fully saturated rings. The molecule has 0 saturated carbocycles. The molecule has 1 unspecified atom stereocenters. The third-order valence-electron chi connectivity index (χ3n) is 3.64. The Hall–Kier alpha value is -0.860. The lowest BCUT2D eigenvalue weighted by Gasteiger charge is -2.18. The van der Waals surface area contributed by atoms with Gasteiger partial charge in [0.25, 0.3) is 0 Å². The number of nitrogens with zero attached hydrogens (tertiary/aromatic N) is 1. The van der Waals surface area contributed by atoms with E-state index in [1.54, 1.807) is 0 Å². The van der Waals surface area contributed by atoms with Gasteiger partial charge in [0.05, 0.1) is 0 Å². The van der Waals surface area contributed by atoms with E-state index in [1.807, 2.05) is 0 Å². The highest BCUT2D eigenvalue weighted by molar-refractivity contribution is 5.22. The average molecular weight is 246 g/mol. The van der Waals surface area contributed by atoms with Crippen LogP contribution < -0.4 is 5.32 Å². The zero-order chi connectivity index (χ0) is 13.0. The molecule has 0 spiro atoms. The minimum atomic E-state index is 0.603. The topological polar surface area (TPSA) is 15.3 Å². The van der Waals surface area contributed by atoms with Gasteiger partial charge in [0.2, 0.25) is 0 Å². The lowest BCUT2D eigenvalue weighted by Crippen LogP contribution is -2.37. The predicted molar refractivity (Wildman–Crippen MR) is 78.0 cm³/mol. The van der Waals surface area contributed by atoms with Gasteiger partial charge in [-0.1, -0.05) is 43.7 Å². The average Bonchev–Trinajstić information content (AvgIpc) is 2.73. The van der Waals surface area contributed by atoms with Gasteiger partial charge in [0, 0.05) is 25.2 Å². The van der Waals surface area contributed by atoms with Gasteiger partial charge in [0.1, 0.15) is 0 Å². The standard InChI is InChI=1S/C16H26N2/c1-13(2)17-16-8-10-18(12-16)9-7-15-6-4-5-14(3)11-15/h4-6,11,13,16-17H,7-10,12H2,1-3H3. The molecule has 1 N–H and O–H groups in total. The van der Waals surface area contributed by atoms with Gasteiger partial charge in [-0.05, 0) is 31.9 Å². The van der Waals surface area contributed by atoms with Crippen LogP contribution in [0, 0.1) is 6.92 Å². The van der Waals surface area contributed by atoms with Crippen LogP contribution in [0.4, 0.5) is 0 Å². The van der Waals surface area contributed by atoms with Crippen LogP contribution in [0.3, 0.4) is 0 Å². The molecule has 1 aliphatic heterocycles. The summed E-state index contributed by atoms with van der Waals surface area (Å²) in [7, 11) is 0. The van der Waals surface area contributed by atoms with Gasteiger partial charge in [0.15, 0.2) is 0 Å². The van der Waals surface area contributed by atoms with Gasteiger partial charge < -0.3 is 10.2 Å². The van der Waals surface area contributed by atoms with E-state index >= 15 is 0 Å². The molecule has 0 bridgehead atoms. The molecule has 0 amide bonds. The molecule has 1 atom stereocenters. The van der Waals surface area contributed by atoms with Crippen molar-refractivity contribution in [1.29, 1.82) is 0 Å². The predicted octanol–water partition coefficient (Wildman–Crippen LogP) is 2.61. The third kappa shape index (κ3) is 4.11. The molecule has 2 heteroatoms. The lowest BCUT2D eigenvalue weighted by molar-refractivity contribution is 0.328. The van der Waals surface area contributed by atoms with Crippen molar-refractivity contribution in [3.63, 3.8) is 0 Å². The summed E-state index contributed by atoms with van der Waals surface area (Å²) in [6.45, 7) is 10.3. The molecule has 1 aliphatic rings. The minimum Gasteiger partial charge on any atom is -0.310 e. The van der Waals surface area contributed by atoms with Crippen molar-refractivity contribution >= 4 is 0 Å². The molecule has 1 aromatic carbocycles. The van der Waals surface area contributed by atoms with Crippen molar-refractivity contribution in [2.45, 2.75) is 45.7 Å². The summed E-state index contributed by atoms with van der Waals surface area (Å²) in [5.41, 5.74) is 2.84. The van der Waals surface area contributed by atoms with Gasteiger partial charge >= 0.3 is 0 Å². The number of hydrogen-bond donors (Lipinski definition) is 1. The van der Waals surface area contributed by atoms with Crippen LogP contribution >= 0.6 is 0 Å². The number of likely N-dealkylation sites (tertiary alicyclic amines) is 1. The number of rotatable bonds is 5. The number of benzene rings is 1. The summed E-state index contributed by atoms with van der Waals surface area (Å²) in [5.74, 6) is 0. The quantitative estimate of drug-likeness (QED) is 0.859. The first kappa shape index (κ1) is 13.6. The Morgan fingerprint density at radius 2 is 2.22 bits per heavy atom. The Morgan fingerprint density at radius 1 is 1.39 bits per heavy atom. The van der Waals surface area contributed by atoms with Crippen LogP contribution in [-0.2, 0) is 6.42 Å². The highest BCUT2D eigenvalue weighted by Gasteiger charge is 2.21. The molecule has 1 saturated heterocycles. The monoisotopic (exact) mass is 246 g/mol. The fourth-order valence-corrected chi connectivity index (χ4v) is 2.80. The summed E-state index contributed by atoms with van der Waals surface area (Å²) in [6.07, 6.45) is 2.47. The minimum absolute atomic E-state index is 0.603. The molecule has 0 radical (unpaired) electrons. The second-order valence-corrected chi connectivity index (χ2v) is 5.85. The maximum absolute atomic E-state index is 3.64. The smallest absolute Gasteiger partial charge is 0.0209 e. The molecule has 100 valence electrons. The Labute approximate surface area is 111 Å². The van der Waals surface area contributed by atoms with Crippen molar-refractivity contribution < 1.29 is 0 Å². The fourth-order valence-electron chi connectivity index (χ4n) is 2.80. The van der Waals surface area contributed by atoms with Crippen molar-refractivity contribution in [2.75, 3.05) is 19.6 Å². The fraction of sp³-hybridized carbons (Fsp3) is 0.625. The first-order chi connectivity index (χ1) is 8.63. The summed E-state index contributed by atoms with van der Waals surface area (Å²) in [4.78, 5) is 2.59. The van der Waals surface area contributed by atoms with E-state index < -0.39 is 0 Å². The van der Waals surface area contributed by atoms with Crippen LogP contribution in [0.2, 0.25) is 0 Å². The Balaban J connectivity index is 1.75. The Bertz CT molecular complexity index is 373. The molecule has 1 heterocycles. The van der Waals surface area contributed by atoms with Crippen molar-refractivity contribution in [3.05, 3.63) is 35.4 Å². The Morgan fingerprint density at radius 3 is 2.94 bits per heavy atom. The van der Waals surface area contributed by atoms with Crippen LogP contribution in [0.15, 0.2) is 24.3 Å². The van der Waals surface area contributed by atoms with E-state index in [9.17, 15) is 0 Å². The van der Waals surface area contributed by atoms with E-state index in [0.29, 0.717) is 12.1 Å². The van der Waals surface area contributed by atoms with Crippen molar-refractivity contribution in [1.82, 2.24) is 10.2 Å². The Kier molecular flexibility index (Phi) is 4.79. The zero-order valence-corrected chi connectivity index (χ0v) is 11.9. The van der Waals surface area contributed by atoms with Crippen molar-refractivity contribution in [3.8, 4) is 0 Å². The normalized spacial score (nSPS) is 20.8. The second kappa shape index (κ2) is 6.35. The maximum atomic E-state index is 3.64. The summed E-state index contributed by atoms with van der Waals surface area (Å²) in [5, 5.41) is 3.64. The largest absolute Gasteiger partial charge is 0.310 e. The SMILES string of the molecule is Cc1cccc(CCN2CCC(NC(C)C)C2)c1. The summed E-state index contributed by atoms with van der Waals surface area (Å²) >= 11 is 0. The first-order valence-corrected chi connectivity index (χ1v) is 7.17. The van der Waals surface area contributed by atoms with Gasteiger partial charge in [-0.15, -0.1) is 0 Å². The zero-order valence-electron chi connectivity index (χ0n) is 11.9. The molecule has 0 aliphatic carbocycles. The van der Waals surface area contributed by atoms with Crippen LogP contribution in [0.25, 0.3) is 0 Å². The molecule has 0 aromatic heterocycles. The molecule has 2 rings (SSSR count). The summed E-state index contributed by atoms with van der Waals surface area (Å²) in [6, 6.07) is 10.2. The van der Waals surface area contributed by atoms with Gasteiger partial charge in [-0.2, -0.15) is 0 Å². The highest BCUT2D eigenvalue weighted by atomic mass is 15.2. The van der Waals surface area contributed by atoms with Crippen molar-refractivity contribution in [2.24, 2.45) is 0 Å². The highest BCUT2D eigenvalue weighted by Crippen LogP contribution is 2.12. The third-order valence-corrected chi connectivity index (χ3v) is 3.64. The van der Waals surface area contributed by atoms with Crippen LogP contribution in [0.1, 0.15) is 31.4 Å². The molecular weight excluding hydrogens is 220 g/mol. The van der Waals surface area contributed by atoms with E-state index in [-0.39, 0.29) is 0 Å². The maximum Gasteiger partial charge on any atom is 0.0209 e. The molecule has 1 aromatic rings. The summed E-state index contributed by atoms with van der Waals surface area (Å²) < 4.78 is 0. The van der Waals surface area contributed by atoms with E-state index in [1.165, 1.54) is 43.6 Å². The van der Waals surface area contributed by atoms with E-state index in [0.717, 1.165) is 0 Å². The molecule has 18 heavy (non-hydrogen) atoms. The van der Waals surface area contributed by atoms with Gasteiger partial charge in [-0.25, -0.2) is 0 Å². The van der Waals surface area contributed by atoms with E-state index in [2.05, 4.69) is 55.3 Å². The molecule has 2 nitrogen and oxygen atoms in total. The van der Waals surface area contributed by atoms with E-state index in [4.69, 9.17) is 0 Å². The first-order valence-electron chi connectivity index (χ1n) is 7.17. The van der Waals surface area contributed by atoms with Gasteiger partial charge in [-0.3, -0.25) is 0 Å². The number of aryl methyl sites for hydroxylation is 1. The number of nitrogens with one attached hydrogen (secondary N) is 1. The second-order valence-electron chi connectivity index (χ2n) is 5.85. The number of hydrogen-bond acceptors (Lipinski definition) is 2. The molecular formula is C16H26N2. The van der Waals surface area contributed by atoms with Crippen LogP contribution in [0.5, 0.6) is 0 Å². The lowest BCUT2D eigenvalue weighted by atomic mass is 10.1.